The van der Waals surface area contributed by atoms with Gasteiger partial charge in [-0.25, -0.2) is 0 Å². The predicted molar refractivity (Wildman–Crippen MR) is 88.8 cm³/mol. The number of hydrogen-bond donors (Lipinski definition) is 2. The van der Waals surface area contributed by atoms with E-state index in [-0.39, 0.29) is 5.84 Å². The van der Waals surface area contributed by atoms with Crippen LogP contribution in [0.25, 0.3) is 0 Å². The Morgan fingerprint density at radius 3 is 2.71 bits per heavy atom. The first-order valence-corrected chi connectivity index (χ1v) is 7.76. The molecule has 0 atom stereocenters. The van der Waals surface area contributed by atoms with Gasteiger partial charge in [0.1, 0.15) is 11.6 Å². The minimum Gasteiger partial charge on any atom is -0.496 e. The molecule has 6 heteroatoms. The van der Waals surface area contributed by atoms with Gasteiger partial charge >= 0.3 is 0 Å². The van der Waals surface area contributed by atoms with Crippen LogP contribution in [0.4, 0.5) is 0 Å². The second kappa shape index (κ2) is 8.89. The van der Waals surface area contributed by atoms with E-state index in [2.05, 4.69) is 52.0 Å². The Labute approximate surface area is 134 Å². The highest BCUT2D eigenvalue weighted by atomic mass is 79.9. The lowest BCUT2D eigenvalue weighted by Crippen LogP contribution is -2.31. The molecule has 0 spiro atoms. The summed E-state index contributed by atoms with van der Waals surface area (Å²) in [5.41, 5.74) is 6.75. The minimum atomic E-state index is 0.264. The van der Waals surface area contributed by atoms with E-state index >= 15 is 0 Å². The smallest absolute Gasteiger partial charge is 0.140 e. The standard InChI is InChI=1S/C15H24BrN3O2/c1-11(2)9-19(7-6-15(17)18-20)10-12-4-5-14(21-3)13(16)8-12/h4-5,8,11,20H,6-7,9-10H2,1-3H3,(H2,17,18). The third-order valence-corrected chi connectivity index (χ3v) is 3.68. The van der Waals surface area contributed by atoms with Crippen LogP contribution < -0.4 is 10.5 Å². The third kappa shape index (κ3) is 6.35. The Balaban J connectivity index is 2.73. The highest BCUT2D eigenvalue weighted by Gasteiger charge is 2.10. The van der Waals surface area contributed by atoms with Gasteiger partial charge in [-0.2, -0.15) is 0 Å². The molecule has 1 aromatic carbocycles. The molecular weight excluding hydrogens is 334 g/mol. The first-order valence-electron chi connectivity index (χ1n) is 6.97. The lowest BCUT2D eigenvalue weighted by molar-refractivity contribution is 0.240. The molecule has 5 nitrogen and oxygen atoms in total. The second-order valence-corrected chi connectivity index (χ2v) is 6.29. The number of ether oxygens (including phenoxy) is 1. The van der Waals surface area contributed by atoms with Gasteiger partial charge in [0.15, 0.2) is 0 Å². The summed E-state index contributed by atoms with van der Waals surface area (Å²) >= 11 is 3.51. The highest BCUT2D eigenvalue weighted by Crippen LogP contribution is 2.26. The monoisotopic (exact) mass is 357 g/mol. The fourth-order valence-corrected chi connectivity index (χ4v) is 2.73. The fourth-order valence-electron chi connectivity index (χ4n) is 2.14. The lowest BCUT2D eigenvalue weighted by Gasteiger charge is -2.24. The number of methoxy groups -OCH3 is 1. The fraction of sp³-hybridized carbons (Fsp3) is 0.533. The molecule has 0 amide bonds. The van der Waals surface area contributed by atoms with Gasteiger partial charge in [0, 0.05) is 26.1 Å². The van der Waals surface area contributed by atoms with Gasteiger partial charge < -0.3 is 15.7 Å². The number of halogens is 1. The normalized spacial score (nSPS) is 12.2. The molecule has 0 aliphatic rings. The summed E-state index contributed by atoms with van der Waals surface area (Å²) in [6.07, 6.45) is 0.556. The van der Waals surface area contributed by atoms with Crippen molar-refractivity contribution in [3.05, 3.63) is 28.2 Å². The zero-order valence-corrected chi connectivity index (χ0v) is 14.4. The number of rotatable bonds is 8. The van der Waals surface area contributed by atoms with E-state index in [1.807, 2.05) is 6.07 Å². The number of benzene rings is 1. The molecule has 1 rings (SSSR count). The molecular formula is C15H24BrN3O2. The average Bonchev–Trinajstić information content (AvgIpc) is 2.44. The molecule has 0 bridgehead atoms. The second-order valence-electron chi connectivity index (χ2n) is 5.44. The van der Waals surface area contributed by atoms with Crippen molar-refractivity contribution in [2.75, 3.05) is 20.2 Å². The molecule has 0 aliphatic heterocycles. The Bertz CT molecular complexity index is 478. The number of amidine groups is 1. The van der Waals surface area contributed by atoms with Crippen LogP contribution in [0.15, 0.2) is 27.8 Å². The Kier molecular flexibility index (Phi) is 7.53. The number of nitrogens with two attached hydrogens (primary N) is 1. The number of oxime groups is 1. The Morgan fingerprint density at radius 2 is 2.19 bits per heavy atom. The van der Waals surface area contributed by atoms with Gasteiger partial charge in [0.25, 0.3) is 0 Å². The van der Waals surface area contributed by atoms with Crippen LogP contribution in [0, 0.1) is 5.92 Å². The van der Waals surface area contributed by atoms with Gasteiger partial charge in [-0.15, -0.1) is 0 Å². The van der Waals surface area contributed by atoms with E-state index in [1.54, 1.807) is 7.11 Å². The summed E-state index contributed by atoms with van der Waals surface area (Å²) in [5.74, 6) is 1.64. The minimum absolute atomic E-state index is 0.264. The van der Waals surface area contributed by atoms with E-state index in [4.69, 9.17) is 15.7 Å². The first kappa shape index (κ1) is 17.8. The van der Waals surface area contributed by atoms with Gasteiger partial charge in [-0.05, 0) is 39.5 Å². The predicted octanol–water partition coefficient (Wildman–Crippen LogP) is 3.05. The van der Waals surface area contributed by atoms with Crippen LogP contribution in [0.2, 0.25) is 0 Å². The van der Waals surface area contributed by atoms with Crippen molar-refractivity contribution in [2.24, 2.45) is 16.8 Å². The van der Waals surface area contributed by atoms with Gasteiger partial charge in [-0.3, -0.25) is 4.90 Å². The largest absolute Gasteiger partial charge is 0.496 e. The molecule has 0 saturated heterocycles. The molecule has 0 radical (unpaired) electrons. The molecule has 0 aliphatic carbocycles. The summed E-state index contributed by atoms with van der Waals surface area (Å²) in [5, 5.41) is 11.7. The van der Waals surface area contributed by atoms with Crippen molar-refractivity contribution >= 4 is 21.8 Å². The molecule has 0 heterocycles. The zero-order valence-electron chi connectivity index (χ0n) is 12.8. The molecule has 1 aromatic rings. The molecule has 118 valence electrons. The molecule has 0 fully saturated rings. The third-order valence-electron chi connectivity index (χ3n) is 3.06. The summed E-state index contributed by atoms with van der Waals surface area (Å²) < 4.78 is 6.19. The maximum absolute atomic E-state index is 8.64. The Morgan fingerprint density at radius 1 is 1.48 bits per heavy atom. The lowest BCUT2D eigenvalue weighted by atomic mass is 10.1. The van der Waals surface area contributed by atoms with Crippen molar-refractivity contribution in [3.8, 4) is 5.75 Å². The number of hydrogen-bond acceptors (Lipinski definition) is 4. The van der Waals surface area contributed by atoms with Gasteiger partial charge in [0.05, 0.1) is 11.6 Å². The summed E-state index contributed by atoms with van der Waals surface area (Å²) in [6, 6.07) is 6.08. The van der Waals surface area contributed by atoms with E-state index in [0.717, 1.165) is 29.9 Å². The van der Waals surface area contributed by atoms with Crippen LogP contribution in [-0.4, -0.2) is 36.1 Å². The molecule has 21 heavy (non-hydrogen) atoms. The molecule has 3 N–H and O–H groups in total. The molecule has 0 aromatic heterocycles. The van der Waals surface area contributed by atoms with Crippen LogP contribution in [0.3, 0.4) is 0 Å². The SMILES string of the molecule is COc1ccc(CN(CCC(N)=NO)CC(C)C)cc1Br. The van der Waals surface area contributed by atoms with E-state index in [9.17, 15) is 0 Å². The highest BCUT2D eigenvalue weighted by molar-refractivity contribution is 9.10. The molecule has 0 saturated carbocycles. The quantitative estimate of drug-likeness (QED) is 0.324. The topological polar surface area (TPSA) is 71.1 Å². The van der Waals surface area contributed by atoms with Crippen LogP contribution >= 0.6 is 15.9 Å². The number of nitrogens with zero attached hydrogens (tertiary/aromatic N) is 2. The van der Waals surface area contributed by atoms with E-state index in [1.165, 1.54) is 5.56 Å². The van der Waals surface area contributed by atoms with Crippen molar-refractivity contribution in [1.82, 2.24) is 4.90 Å². The zero-order chi connectivity index (χ0) is 15.8. The van der Waals surface area contributed by atoms with Gasteiger partial charge in [-0.1, -0.05) is 25.1 Å². The average molecular weight is 358 g/mol. The van der Waals surface area contributed by atoms with Crippen molar-refractivity contribution < 1.29 is 9.94 Å². The van der Waals surface area contributed by atoms with Gasteiger partial charge in [0.2, 0.25) is 0 Å². The summed E-state index contributed by atoms with van der Waals surface area (Å²) in [4.78, 5) is 2.30. The molecule has 0 unspecified atom stereocenters. The van der Waals surface area contributed by atoms with Crippen LogP contribution in [0.1, 0.15) is 25.8 Å². The van der Waals surface area contributed by atoms with Crippen LogP contribution in [0.5, 0.6) is 5.75 Å². The maximum atomic E-state index is 8.64. The first-order chi connectivity index (χ1) is 9.96. The van der Waals surface area contributed by atoms with E-state index in [0.29, 0.717) is 12.3 Å². The van der Waals surface area contributed by atoms with Crippen LogP contribution in [-0.2, 0) is 6.54 Å². The Hall–Kier alpha value is -1.27. The van der Waals surface area contributed by atoms with Crippen molar-refractivity contribution in [3.63, 3.8) is 0 Å². The van der Waals surface area contributed by atoms with Crippen molar-refractivity contribution in [2.45, 2.75) is 26.8 Å². The van der Waals surface area contributed by atoms with E-state index < -0.39 is 0 Å². The van der Waals surface area contributed by atoms with Crippen molar-refractivity contribution in [1.29, 1.82) is 0 Å². The summed E-state index contributed by atoms with van der Waals surface area (Å²) in [7, 11) is 1.65. The summed E-state index contributed by atoms with van der Waals surface area (Å²) in [6.45, 7) is 6.90. The maximum Gasteiger partial charge on any atom is 0.140 e.